The molecule has 0 bridgehead atoms. The molecule has 0 saturated heterocycles. The highest BCUT2D eigenvalue weighted by molar-refractivity contribution is 5.85. The number of fused-ring (bicyclic) bond motifs is 7. The summed E-state index contributed by atoms with van der Waals surface area (Å²) in [5, 5.41) is 0. The third-order valence-electron chi connectivity index (χ3n) is 12.6. The molecule has 11 aromatic rings. The number of imidazole rings is 1. The van der Waals surface area contributed by atoms with Crippen molar-refractivity contribution in [1.82, 2.24) is 24.5 Å². The number of hydrogen-bond donors (Lipinski definition) is 0. The molecule has 2 aromatic heterocycles. The minimum Gasteiger partial charge on any atom is -0.292 e. The molecule has 0 spiro atoms. The van der Waals surface area contributed by atoms with Crippen molar-refractivity contribution in [2.75, 3.05) is 0 Å². The van der Waals surface area contributed by atoms with Crippen LogP contribution in [0.2, 0.25) is 0 Å². The molecule has 0 aliphatic heterocycles. The van der Waals surface area contributed by atoms with Crippen molar-refractivity contribution in [3.63, 3.8) is 0 Å². The average molecular weight is 832 g/mol. The number of hydrogen-bond acceptors (Lipinski definition) is 4. The molecular formula is C60H41N5. The minimum atomic E-state index is 0.599. The van der Waals surface area contributed by atoms with E-state index < -0.39 is 0 Å². The van der Waals surface area contributed by atoms with Crippen molar-refractivity contribution < 1.29 is 0 Å². The van der Waals surface area contributed by atoms with E-state index in [2.05, 4.69) is 199 Å². The summed E-state index contributed by atoms with van der Waals surface area (Å²) in [5.41, 5.74) is 19.2. The van der Waals surface area contributed by atoms with Gasteiger partial charge in [-0.05, 0) is 98.8 Å². The Morgan fingerprint density at radius 3 is 1.40 bits per heavy atom. The van der Waals surface area contributed by atoms with Gasteiger partial charge in [-0.1, -0.05) is 194 Å². The SMILES string of the molecule is c1ccc(-c2ccc3c(c2)Cc2ccccc2-c2ccccc2Cc2cc(-c4nc(-c5ccccc5)nc(-c5cccc(-n6c(-c7ccccc7)nc7ccccc76)c5)n4)ccc2-3)cc1. The molecular weight excluding hydrogens is 791 g/mol. The molecule has 0 unspecified atom stereocenters. The molecule has 0 saturated carbocycles. The summed E-state index contributed by atoms with van der Waals surface area (Å²) in [6.07, 6.45) is 1.54. The van der Waals surface area contributed by atoms with Crippen molar-refractivity contribution in [1.29, 1.82) is 0 Å². The number of aromatic nitrogens is 5. The highest BCUT2D eigenvalue weighted by atomic mass is 15.1. The first-order valence-electron chi connectivity index (χ1n) is 22.1. The van der Waals surface area contributed by atoms with Crippen LogP contribution in [0.4, 0.5) is 0 Å². The Bertz CT molecular complexity index is 3540. The fourth-order valence-corrected chi connectivity index (χ4v) is 9.44. The van der Waals surface area contributed by atoms with Gasteiger partial charge in [-0.3, -0.25) is 4.57 Å². The lowest BCUT2D eigenvalue weighted by Crippen LogP contribution is -2.04. The van der Waals surface area contributed by atoms with Gasteiger partial charge in [0.1, 0.15) is 5.82 Å². The van der Waals surface area contributed by atoms with E-state index in [4.69, 9.17) is 19.9 Å². The first-order chi connectivity index (χ1) is 32.2. The third kappa shape index (κ3) is 7.19. The molecule has 9 aromatic carbocycles. The third-order valence-corrected chi connectivity index (χ3v) is 12.6. The smallest absolute Gasteiger partial charge is 0.164 e. The second-order valence-corrected chi connectivity index (χ2v) is 16.6. The van der Waals surface area contributed by atoms with Crippen LogP contribution >= 0.6 is 0 Å². The normalized spacial score (nSPS) is 11.9. The molecule has 0 fully saturated rings. The van der Waals surface area contributed by atoms with E-state index in [0.717, 1.165) is 57.6 Å². The van der Waals surface area contributed by atoms with E-state index in [9.17, 15) is 0 Å². The van der Waals surface area contributed by atoms with Gasteiger partial charge in [-0.15, -0.1) is 0 Å². The zero-order chi connectivity index (χ0) is 43.1. The number of nitrogens with zero attached hydrogens (tertiary/aromatic N) is 5. The van der Waals surface area contributed by atoms with E-state index >= 15 is 0 Å². The Balaban J connectivity index is 1.03. The molecule has 0 radical (unpaired) electrons. The second-order valence-electron chi connectivity index (χ2n) is 16.6. The average Bonchev–Trinajstić information content (AvgIpc) is 3.77. The lowest BCUT2D eigenvalue weighted by Gasteiger charge is -2.22. The lowest BCUT2D eigenvalue weighted by molar-refractivity contribution is 1.06. The maximum absolute atomic E-state index is 5.31. The Morgan fingerprint density at radius 1 is 0.292 bits per heavy atom. The van der Waals surface area contributed by atoms with Crippen molar-refractivity contribution in [2.45, 2.75) is 12.8 Å². The van der Waals surface area contributed by atoms with Crippen LogP contribution in [0.25, 0.3) is 95.7 Å². The van der Waals surface area contributed by atoms with Crippen LogP contribution < -0.4 is 0 Å². The zero-order valence-corrected chi connectivity index (χ0v) is 35.5. The highest BCUT2D eigenvalue weighted by Gasteiger charge is 2.21. The van der Waals surface area contributed by atoms with E-state index in [1.165, 1.54) is 55.6 Å². The van der Waals surface area contributed by atoms with Gasteiger partial charge in [0.15, 0.2) is 17.5 Å². The van der Waals surface area contributed by atoms with Crippen LogP contribution in [-0.2, 0) is 12.8 Å². The zero-order valence-electron chi connectivity index (χ0n) is 35.5. The van der Waals surface area contributed by atoms with Crippen molar-refractivity contribution in [3.05, 3.63) is 247 Å². The first-order valence-corrected chi connectivity index (χ1v) is 22.1. The summed E-state index contributed by atoms with van der Waals surface area (Å²) >= 11 is 0. The molecule has 65 heavy (non-hydrogen) atoms. The van der Waals surface area contributed by atoms with Gasteiger partial charge in [0, 0.05) is 27.9 Å². The van der Waals surface area contributed by atoms with Gasteiger partial charge in [0.25, 0.3) is 0 Å². The second kappa shape index (κ2) is 16.3. The quantitative estimate of drug-likeness (QED) is 0.167. The van der Waals surface area contributed by atoms with Crippen LogP contribution in [0.3, 0.4) is 0 Å². The van der Waals surface area contributed by atoms with E-state index in [0.29, 0.717) is 17.5 Å². The summed E-state index contributed by atoms with van der Waals surface area (Å²) in [5.74, 6) is 2.72. The van der Waals surface area contributed by atoms with Crippen molar-refractivity contribution >= 4 is 11.0 Å². The molecule has 1 aliphatic carbocycles. The van der Waals surface area contributed by atoms with Gasteiger partial charge in [-0.2, -0.15) is 0 Å². The fraction of sp³-hybridized carbons (Fsp3) is 0.0333. The minimum absolute atomic E-state index is 0.599. The first kappa shape index (κ1) is 38.2. The lowest BCUT2D eigenvalue weighted by atomic mass is 9.82. The van der Waals surface area contributed by atoms with Crippen LogP contribution in [-0.4, -0.2) is 24.5 Å². The van der Waals surface area contributed by atoms with Gasteiger partial charge < -0.3 is 0 Å². The van der Waals surface area contributed by atoms with Crippen LogP contribution in [0.15, 0.2) is 224 Å². The highest BCUT2D eigenvalue weighted by Crippen LogP contribution is 2.40. The summed E-state index contributed by atoms with van der Waals surface area (Å²) in [6, 6.07) is 79.5. The summed E-state index contributed by atoms with van der Waals surface area (Å²) < 4.78 is 2.23. The predicted molar refractivity (Wildman–Crippen MR) is 265 cm³/mol. The van der Waals surface area contributed by atoms with Gasteiger partial charge in [0.05, 0.1) is 11.0 Å². The summed E-state index contributed by atoms with van der Waals surface area (Å²) in [6.45, 7) is 0. The van der Waals surface area contributed by atoms with Gasteiger partial charge in [-0.25, -0.2) is 19.9 Å². The fourth-order valence-electron chi connectivity index (χ4n) is 9.44. The van der Waals surface area contributed by atoms with Crippen molar-refractivity contribution in [2.24, 2.45) is 0 Å². The standard InChI is InChI=1S/C60H41N5/c1-4-17-40(18-5-1)43-31-33-53-48(35-43)36-44-23-10-12-27-51(44)52-28-13-11-24-45(52)37-49-38-47(32-34-54(49)53)59-63-57(41-19-6-2-7-20-41)62-58(64-59)46-25-16-26-50(39-46)65-56-30-15-14-29-55(56)61-60(65)42-21-8-3-9-22-42/h1-35,38-39H,36-37H2. The Labute approximate surface area is 378 Å². The van der Waals surface area contributed by atoms with Crippen molar-refractivity contribution in [3.8, 4) is 84.6 Å². The number of para-hydroxylation sites is 2. The molecule has 5 heteroatoms. The monoisotopic (exact) mass is 831 g/mol. The largest absolute Gasteiger partial charge is 0.292 e. The van der Waals surface area contributed by atoms with Gasteiger partial charge >= 0.3 is 0 Å². The van der Waals surface area contributed by atoms with E-state index in [1.807, 2.05) is 30.3 Å². The van der Waals surface area contributed by atoms with Crippen LogP contribution in [0.5, 0.6) is 0 Å². The molecule has 0 amide bonds. The van der Waals surface area contributed by atoms with E-state index in [-0.39, 0.29) is 0 Å². The topological polar surface area (TPSA) is 56.5 Å². The molecule has 5 nitrogen and oxygen atoms in total. The summed E-state index contributed by atoms with van der Waals surface area (Å²) in [4.78, 5) is 20.8. The Kier molecular flexibility index (Phi) is 9.57. The van der Waals surface area contributed by atoms with Gasteiger partial charge in [0.2, 0.25) is 0 Å². The molecule has 12 rings (SSSR count). The maximum Gasteiger partial charge on any atom is 0.164 e. The maximum atomic E-state index is 5.31. The molecule has 0 atom stereocenters. The molecule has 2 heterocycles. The summed E-state index contributed by atoms with van der Waals surface area (Å²) in [7, 11) is 0. The van der Waals surface area contributed by atoms with E-state index in [1.54, 1.807) is 0 Å². The Hall–Kier alpha value is -8.54. The molecule has 0 N–H and O–H groups in total. The predicted octanol–water partition coefficient (Wildman–Crippen LogP) is 14.4. The van der Waals surface area contributed by atoms with Crippen LogP contribution in [0.1, 0.15) is 22.3 Å². The molecule has 306 valence electrons. The number of benzene rings is 9. The molecule has 1 aliphatic rings. The number of rotatable bonds is 6. The Morgan fingerprint density at radius 2 is 0.754 bits per heavy atom. The van der Waals surface area contributed by atoms with Crippen LogP contribution in [0, 0.1) is 0 Å².